The second-order valence-electron chi connectivity index (χ2n) is 2.73. The van der Waals surface area contributed by atoms with E-state index in [0.717, 1.165) is 0 Å². The maximum Gasteiger partial charge on any atom is 0.216 e. The number of ether oxygens (including phenoxy) is 1. The molecule has 1 aromatic carbocycles. The Morgan fingerprint density at radius 2 is 2.00 bits per heavy atom. The Hall–Kier alpha value is -1.18. The third-order valence-electron chi connectivity index (χ3n) is 1.64. The minimum atomic E-state index is 0. The summed E-state index contributed by atoms with van der Waals surface area (Å²) in [6.07, 6.45) is 0. The zero-order valence-corrected chi connectivity index (χ0v) is 10.2. The van der Waals surface area contributed by atoms with Crippen LogP contribution in [0.5, 0.6) is 11.6 Å². The fraction of sp³-hybridized carbons (Fsp3) is 0. The third kappa shape index (κ3) is 3.46. The van der Waals surface area contributed by atoms with Gasteiger partial charge in [0, 0.05) is 44.5 Å². The minimum Gasteiger partial charge on any atom is -0.466 e. The third-order valence-corrected chi connectivity index (χ3v) is 1.64. The average Bonchev–Trinajstić information content (AvgIpc) is 2.19. The molecule has 0 aliphatic rings. The number of rotatable bonds is 2. The Morgan fingerprint density at radius 3 is 2.67 bits per heavy atom. The number of hydrogen-bond acceptors (Lipinski definition) is 2. The number of nitrogens with zero attached hydrogens (tertiary/aromatic N) is 1. The molecular formula is C12H8IrNO-. The molecule has 0 unspecified atom stereocenters. The van der Waals surface area contributed by atoms with E-state index >= 15 is 0 Å². The number of aromatic nitrogens is 1. The smallest absolute Gasteiger partial charge is 0.216 e. The Balaban J connectivity index is 0.00000112. The monoisotopic (exact) mass is 375 g/mol. The Labute approximate surface area is 103 Å². The van der Waals surface area contributed by atoms with E-state index < -0.39 is 0 Å². The fourth-order valence-electron chi connectivity index (χ4n) is 1.04. The van der Waals surface area contributed by atoms with Crippen molar-refractivity contribution >= 4 is 0 Å². The van der Waals surface area contributed by atoms with Gasteiger partial charge in [0.05, 0.1) is 0 Å². The summed E-state index contributed by atoms with van der Waals surface area (Å²) < 4.78 is 5.41. The van der Waals surface area contributed by atoms with Crippen molar-refractivity contribution in [2.75, 3.05) is 0 Å². The molecule has 2 rings (SSSR count). The van der Waals surface area contributed by atoms with Crippen LogP contribution in [0.25, 0.3) is 0 Å². The molecule has 0 aliphatic heterocycles. The largest absolute Gasteiger partial charge is 0.466 e. The number of pyridine rings is 1. The molecule has 0 saturated heterocycles. The summed E-state index contributed by atoms with van der Waals surface area (Å²) in [5, 5.41) is 0. The van der Waals surface area contributed by atoms with Crippen molar-refractivity contribution < 1.29 is 24.8 Å². The molecule has 0 atom stereocenters. The van der Waals surface area contributed by atoms with E-state index in [0.29, 0.717) is 17.3 Å². The second kappa shape index (κ2) is 5.64. The van der Waals surface area contributed by atoms with Gasteiger partial charge in [0.1, 0.15) is 0 Å². The van der Waals surface area contributed by atoms with Gasteiger partial charge < -0.3 is 4.74 Å². The van der Waals surface area contributed by atoms with Crippen LogP contribution in [-0.4, -0.2) is 4.98 Å². The van der Waals surface area contributed by atoms with Gasteiger partial charge in [-0.15, -0.1) is 12.1 Å². The fourth-order valence-corrected chi connectivity index (χ4v) is 1.04. The summed E-state index contributed by atoms with van der Waals surface area (Å²) in [6.45, 7) is 5.51. The van der Waals surface area contributed by atoms with Gasteiger partial charge >= 0.3 is 0 Å². The molecule has 0 N–H and O–H groups in total. The Bertz CT molecular complexity index is 417. The van der Waals surface area contributed by atoms with Crippen molar-refractivity contribution in [3.8, 4) is 11.6 Å². The summed E-state index contributed by atoms with van der Waals surface area (Å²) in [4.78, 5) is 4.00. The Kier molecular flexibility index (Phi) is 4.47. The Morgan fingerprint density at radius 1 is 1.13 bits per heavy atom. The van der Waals surface area contributed by atoms with Crippen molar-refractivity contribution in [2.24, 2.45) is 0 Å². The minimum absolute atomic E-state index is 0. The molecular weight excluding hydrogens is 366 g/mol. The van der Waals surface area contributed by atoms with Crippen LogP contribution < -0.4 is 4.74 Å². The molecule has 0 saturated carbocycles. The maximum atomic E-state index is 5.51. The van der Waals surface area contributed by atoms with Crippen LogP contribution in [0.15, 0.2) is 42.5 Å². The predicted molar refractivity (Wildman–Crippen MR) is 53.0 cm³/mol. The molecule has 0 amide bonds. The van der Waals surface area contributed by atoms with Gasteiger partial charge in [0.25, 0.3) is 0 Å². The van der Waals surface area contributed by atoms with Crippen molar-refractivity contribution in [1.29, 1.82) is 0 Å². The zero-order chi connectivity index (χ0) is 9.80. The second-order valence-corrected chi connectivity index (χ2v) is 2.73. The molecule has 3 radical (unpaired) electrons. The molecule has 0 spiro atoms. The van der Waals surface area contributed by atoms with Crippen LogP contribution in [0.4, 0.5) is 0 Å². The molecule has 77 valence electrons. The standard InChI is InChI=1S/C12H8NO.Ir/c1-10-6-5-9-12(13-10)14-11-7-3-2-4-8-11;/h1-7,9H;/q-1;. The van der Waals surface area contributed by atoms with E-state index in [9.17, 15) is 0 Å². The first-order valence-corrected chi connectivity index (χ1v) is 4.22. The number of benzene rings is 1. The van der Waals surface area contributed by atoms with Crippen LogP contribution in [0, 0.1) is 13.0 Å². The van der Waals surface area contributed by atoms with E-state index in [-0.39, 0.29) is 20.1 Å². The molecule has 0 aliphatic carbocycles. The van der Waals surface area contributed by atoms with Gasteiger partial charge in [-0.25, -0.2) is 4.98 Å². The van der Waals surface area contributed by atoms with E-state index in [1.54, 1.807) is 24.3 Å². The first-order valence-electron chi connectivity index (χ1n) is 4.22. The average molecular weight is 374 g/mol. The first kappa shape index (κ1) is 11.9. The van der Waals surface area contributed by atoms with Gasteiger partial charge in [-0.2, -0.15) is 18.2 Å². The molecule has 0 bridgehead atoms. The van der Waals surface area contributed by atoms with Gasteiger partial charge in [-0.3, -0.25) is 0 Å². The van der Waals surface area contributed by atoms with E-state index in [2.05, 4.69) is 11.1 Å². The summed E-state index contributed by atoms with van der Waals surface area (Å²) >= 11 is 0. The summed E-state index contributed by atoms with van der Waals surface area (Å²) in [5.41, 5.74) is 0.443. The summed E-state index contributed by atoms with van der Waals surface area (Å²) in [7, 11) is 0. The SMILES string of the molecule is [CH]c1cccc(Oc2[c-]cccc2)n1.[Ir]. The van der Waals surface area contributed by atoms with Gasteiger partial charge in [0.2, 0.25) is 5.88 Å². The van der Waals surface area contributed by atoms with Crippen molar-refractivity contribution in [3.05, 3.63) is 61.1 Å². The molecule has 2 nitrogen and oxygen atoms in total. The van der Waals surface area contributed by atoms with Gasteiger partial charge in [-0.1, -0.05) is 6.07 Å². The molecule has 15 heavy (non-hydrogen) atoms. The molecule has 0 fully saturated rings. The molecule has 2 aromatic rings. The van der Waals surface area contributed by atoms with E-state index in [4.69, 9.17) is 11.7 Å². The number of hydrogen-bond donors (Lipinski definition) is 0. The molecule has 1 aromatic heterocycles. The normalized spacial score (nSPS) is 9.13. The molecule has 1 heterocycles. The van der Waals surface area contributed by atoms with Crippen LogP contribution >= 0.6 is 0 Å². The van der Waals surface area contributed by atoms with Gasteiger partial charge in [0.15, 0.2) is 0 Å². The molecule has 3 heteroatoms. The van der Waals surface area contributed by atoms with Crippen LogP contribution in [-0.2, 0) is 20.1 Å². The topological polar surface area (TPSA) is 22.1 Å². The van der Waals surface area contributed by atoms with E-state index in [1.807, 2.05) is 18.2 Å². The van der Waals surface area contributed by atoms with E-state index in [1.165, 1.54) is 0 Å². The summed E-state index contributed by atoms with van der Waals surface area (Å²) in [5.74, 6) is 1.11. The van der Waals surface area contributed by atoms with Gasteiger partial charge in [-0.05, 0) is 6.07 Å². The first-order chi connectivity index (χ1) is 6.84. The van der Waals surface area contributed by atoms with Crippen molar-refractivity contribution in [2.45, 2.75) is 0 Å². The quantitative estimate of drug-likeness (QED) is 0.755. The zero-order valence-electron chi connectivity index (χ0n) is 7.81. The number of para-hydroxylation sites is 1. The predicted octanol–water partition coefficient (Wildman–Crippen LogP) is 2.73. The van der Waals surface area contributed by atoms with Crippen molar-refractivity contribution in [1.82, 2.24) is 4.98 Å². The van der Waals surface area contributed by atoms with Crippen LogP contribution in [0.2, 0.25) is 0 Å². The van der Waals surface area contributed by atoms with Crippen LogP contribution in [0.1, 0.15) is 5.69 Å². The maximum absolute atomic E-state index is 5.51. The van der Waals surface area contributed by atoms with Crippen molar-refractivity contribution in [3.63, 3.8) is 0 Å². The van der Waals surface area contributed by atoms with Crippen LogP contribution in [0.3, 0.4) is 0 Å². The summed E-state index contributed by atoms with van der Waals surface area (Å²) in [6, 6.07) is 15.5.